The first-order chi connectivity index (χ1) is 8.16. The number of halogens is 2. The highest BCUT2D eigenvalue weighted by Crippen LogP contribution is 2.35. The van der Waals surface area contributed by atoms with Crippen molar-refractivity contribution in [2.75, 3.05) is 26.3 Å². The van der Waals surface area contributed by atoms with Crippen LogP contribution in [0.4, 0.5) is 8.78 Å². The molecule has 1 N–H and O–H groups in total. The SMILES string of the molecule is FC1(F)CCC(CNCC2CCOCC2)CC1. The van der Waals surface area contributed by atoms with Gasteiger partial charge < -0.3 is 10.1 Å². The molecule has 4 heteroatoms. The predicted molar refractivity (Wildman–Crippen MR) is 63.3 cm³/mol. The van der Waals surface area contributed by atoms with Crippen LogP contribution in [0, 0.1) is 11.8 Å². The Kier molecular flexibility index (Phi) is 4.74. The molecule has 1 saturated carbocycles. The maximum absolute atomic E-state index is 13.0. The Morgan fingerprint density at radius 2 is 1.47 bits per heavy atom. The summed E-state index contributed by atoms with van der Waals surface area (Å²) in [6, 6.07) is 0. The van der Waals surface area contributed by atoms with Gasteiger partial charge in [0.15, 0.2) is 0 Å². The van der Waals surface area contributed by atoms with Crippen molar-refractivity contribution in [1.82, 2.24) is 5.32 Å². The van der Waals surface area contributed by atoms with Crippen molar-refractivity contribution >= 4 is 0 Å². The quantitative estimate of drug-likeness (QED) is 0.825. The van der Waals surface area contributed by atoms with Gasteiger partial charge in [-0.15, -0.1) is 0 Å². The molecule has 1 saturated heterocycles. The van der Waals surface area contributed by atoms with Crippen molar-refractivity contribution in [2.45, 2.75) is 44.4 Å². The Morgan fingerprint density at radius 3 is 2.06 bits per heavy atom. The van der Waals surface area contributed by atoms with E-state index in [1.807, 2.05) is 0 Å². The van der Waals surface area contributed by atoms with Gasteiger partial charge in [0.2, 0.25) is 5.92 Å². The van der Waals surface area contributed by atoms with Gasteiger partial charge in [-0.2, -0.15) is 0 Å². The molecule has 2 nitrogen and oxygen atoms in total. The summed E-state index contributed by atoms with van der Waals surface area (Å²) in [5, 5.41) is 3.45. The number of rotatable bonds is 4. The molecule has 0 bridgehead atoms. The standard InChI is InChI=1S/C13H23F2NO/c14-13(15)5-1-11(2-6-13)9-16-10-12-3-7-17-8-4-12/h11-12,16H,1-10H2. The van der Waals surface area contributed by atoms with E-state index < -0.39 is 5.92 Å². The van der Waals surface area contributed by atoms with E-state index in [2.05, 4.69) is 5.32 Å². The van der Waals surface area contributed by atoms with E-state index in [0.29, 0.717) is 24.7 Å². The van der Waals surface area contributed by atoms with E-state index in [1.165, 1.54) is 0 Å². The monoisotopic (exact) mass is 247 g/mol. The van der Waals surface area contributed by atoms with Crippen LogP contribution in [0.25, 0.3) is 0 Å². The zero-order valence-electron chi connectivity index (χ0n) is 10.4. The average molecular weight is 247 g/mol. The van der Waals surface area contributed by atoms with E-state index in [9.17, 15) is 8.78 Å². The molecular formula is C13H23F2NO. The smallest absolute Gasteiger partial charge is 0.248 e. The second-order valence-electron chi connectivity index (χ2n) is 5.51. The van der Waals surface area contributed by atoms with Crippen LogP contribution in [0.1, 0.15) is 38.5 Å². The van der Waals surface area contributed by atoms with Crippen LogP contribution in [0.15, 0.2) is 0 Å². The van der Waals surface area contributed by atoms with Gasteiger partial charge in [-0.3, -0.25) is 0 Å². The number of alkyl halides is 2. The normalized spacial score (nSPS) is 27.2. The maximum Gasteiger partial charge on any atom is 0.248 e. The lowest BCUT2D eigenvalue weighted by molar-refractivity contribution is -0.0456. The fraction of sp³-hybridized carbons (Fsp3) is 1.00. The summed E-state index contributed by atoms with van der Waals surface area (Å²) in [5.41, 5.74) is 0. The van der Waals surface area contributed by atoms with Gasteiger partial charge in [0.1, 0.15) is 0 Å². The van der Waals surface area contributed by atoms with Crippen LogP contribution < -0.4 is 5.32 Å². The fourth-order valence-corrected chi connectivity index (χ4v) is 2.75. The van der Waals surface area contributed by atoms with Gasteiger partial charge in [-0.1, -0.05) is 0 Å². The summed E-state index contributed by atoms with van der Waals surface area (Å²) < 4.78 is 31.2. The molecule has 2 rings (SSSR count). The Labute approximate surface area is 102 Å². The Bertz CT molecular complexity index is 219. The lowest BCUT2D eigenvalue weighted by Gasteiger charge is -2.29. The van der Waals surface area contributed by atoms with Crippen molar-refractivity contribution in [3.8, 4) is 0 Å². The fourth-order valence-electron chi connectivity index (χ4n) is 2.75. The second-order valence-corrected chi connectivity index (χ2v) is 5.51. The van der Waals surface area contributed by atoms with Crippen molar-refractivity contribution in [3.63, 3.8) is 0 Å². The van der Waals surface area contributed by atoms with E-state index in [1.54, 1.807) is 0 Å². The second kappa shape index (κ2) is 6.10. The van der Waals surface area contributed by atoms with Gasteiger partial charge in [-0.25, -0.2) is 8.78 Å². The number of nitrogens with one attached hydrogen (secondary N) is 1. The Hall–Kier alpha value is -0.220. The first-order valence-corrected chi connectivity index (χ1v) is 6.82. The topological polar surface area (TPSA) is 21.3 Å². The Morgan fingerprint density at radius 1 is 0.941 bits per heavy atom. The minimum Gasteiger partial charge on any atom is -0.381 e. The lowest BCUT2D eigenvalue weighted by Crippen LogP contribution is -2.34. The molecule has 0 atom stereocenters. The molecule has 1 aliphatic carbocycles. The minimum atomic E-state index is -2.39. The van der Waals surface area contributed by atoms with Crippen LogP contribution in [0.3, 0.4) is 0 Å². The highest BCUT2D eigenvalue weighted by atomic mass is 19.3. The first-order valence-electron chi connectivity index (χ1n) is 6.82. The molecule has 1 aliphatic heterocycles. The van der Waals surface area contributed by atoms with Crippen LogP contribution in [0.2, 0.25) is 0 Å². The molecule has 17 heavy (non-hydrogen) atoms. The summed E-state index contributed by atoms with van der Waals surface area (Å²) in [4.78, 5) is 0. The zero-order valence-corrected chi connectivity index (χ0v) is 10.4. The third-order valence-corrected chi connectivity index (χ3v) is 4.04. The van der Waals surface area contributed by atoms with Gasteiger partial charge in [0.25, 0.3) is 0 Å². The van der Waals surface area contributed by atoms with Crippen LogP contribution >= 0.6 is 0 Å². The Balaban J connectivity index is 1.56. The summed E-state index contributed by atoms with van der Waals surface area (Å²) in [6.45, 7) is 3.69. The lowest BCUT2D eigenvalue weighted by atomic mass is 9.86. The van der Waals surface area contributed by atoms with Crippen molar-refractivity contribution in [1.29, 1.82) is 0 Å². The third-order valence-electron chi connectivity index (χ3n) is 4.04. The minimum absolute atomic E-state index is 0.0800. The number of ether oxygens (including phenoxy) is 1. The van der Waals surface area contributed by atoms with Gasteiger partial charge >= 0.3 is 0 Å². The van der Waals surface area contributed by atoms with E-state index in [-0.39, 0.29) is 12.8 Å². The summed E-state index contributed by atoms with van der Waals surface area (Å²) in [5.74, 6) is -1.22. The molecule has 0 unspecified atom stereocenters. The van der Waals surface area contributed by atoms with Gasteiger partial charge in [-0.05, 0) is 50.6 Å². The molecule has 0 amide bonds. The van der Waals surface area contributed by atoms with Gasteiger partial charge in [0.05, 0.1) is 0 Å². The molecule has 100 valence electrons. The van der Waals surface area contributed by atoms with Crippen molar-refractivity contribution in [3.05, 3.63) is 0 Å². The molecule has 0 aromatic rings. The molecule has 0 radical (unpaired) electrons. The molecule has 2 fully saturated rings. The largest absolute Gasteiger partial charge is 0.381 e. The zero-order chi connectivity index (χ0) is 12.1. The van der Waals surface area contributed by atoms with Crippen LogP contribution in [-0.2, 0) is 4.74 Å². The summed E-state index contributed by atoms with van der Waals surface area (Å²) >= 11 is 0. The summed E-state index contributed by atoms with van der Waals surface area (Å²) in [7, 11) is 0. The molecular weight excluding hydrogens is 224 g/mol. The molecule has 2 aliphatic rings. The molecule has 0 aromatic carbocycles. The van der Waals surface area contributed by atoms with Gasteiger partial charge in [0, 0.05) is 26.1 Å². The number of hydrogen-bond donors (Lipinski definition) is 1. The van der Waals surface area contributed by atoms with Crippen LogP contribution in [-0.4, -0.2) is 32.2 Å². The highest BCUT2D eigenvalue weighted by molar-refractivity contribution is 4.79. The third kappa shape index (κ3) is 4.51. The van der Waals surface area contributed by atoms with Crippen molar-refractivity contribution in [2.24, 2.45) is 11.8 Å². The summed E-state index contributed by atoms with van der Waals surface area (Å²) in [6.07, 6.45) is 3.78. The number of hydrogen-bond acceptors (Lipinski definition) is 2. The average Bonchev–Trinajstić information content (AvgIpc) is 2.33. The molecule has 0 aromatic heterocycles. The molecule has 0 spiro atoms. The van der Waals surface area contributed by atoms with E-state index in [0.717, 1.165) is 39.1 Å². The first kappa shape index (κ1) is 13.2. The van der Waals surface area contributed by atoms with E-state index >= 15 is 0 Å². The maximum atomic E-state index is 13.0. The van der Waals surface area contributed by atoms with E-state index in [4.69, 9.17) is 4.74 Å². The van der Waals surface area contributed by atoms with Crippen molar-refractivity contribution < 1.29 is 13.5 Å². The van der Waals surface area contributed by atoms with Crippen LogP contribution in [0.5, 0.6) is 0 Å². The molecule has 1 heterocycles. The highest BCUT2D eigenvalue weighted by Gasteiger charge is 2.34. The predicted octanol–water partition coefficient (Wildman–Crippen LogP) is 2.83.